The zero-order valence-electron chi connectivity index (χ0n) is 7.97. The normalized spacial score (nSPS) is 11.7. The van der Waals surface area contributed by atoms with Gasteiger partial charge in [0.05, 0.1) is 6.61 Å². The van der Waals surface area contributed by atoms with Crippen LogP contribution in [0.4, 0.5) is 18.3 Å². The Balaban J connectivity index is 2.40. The van der Waals surface area contributed by atoms with Gasteiger partial charge in [-0.3, -0.25) is 0 Å². The van der Waals surface area contributed by atoms with Gasteiger partial charge in [0.15, 0.2) is 0 Å². The summed E-state index contributed by atoms with van der Waals surface area (Å²) in [4.78, 5) is 3.29. The molecule has 1 rings (SSSR count). The van der Waals surface area contributed by atoms with Crippen LogP contribution >= 0.6 is 11.5 Å². The second kappa shape index (κ2) is 5.26. The first-order chi connectivity index (χ1) is 7.04. The molecule has 8 heteroatoms. The number of nitrogens with zero attached hydrogens (tertiary/aromatic N) is 2. The Bertz CT molecular complexity index is 302. The maximum atomic E-state index is 12.1. The summed E-state index contributed by atoms with van der Waals surface area (Å²) in [6.45, 7) is 3.26. The minimum atomic E-state index is -4.48. The van der Waals surface area contributed by atoms with Gasteiger partial charge in [-0.25, -0.2) is 0 Å². The first kappa shape index (κ1) is 12.2. The van der Waals surface area contributed by atoms with E-state index < -0.39 is 12.0 Å². The van der Waals surface area contributed by atoms with Gasteiger partial charge in [0, 0.05) is 24.7 Å². The predicted octanol–water partition coefficient (Wildman–Crippen LogP) is 2.01. The highest BCUT2D eigenvalue weighted by Gasteiger charge is 2.35. The van der Waals surface area contributed by atoms with Gasteiger partial charge in [-0.2, -0.15) is 22.5 Å². The van der Waals surface area contributed by atoms with E-state index in [2.05, 4.69) is 14.7 Å². The summed E-state index contributed by atoms with van der Waals surface area (Å²) in [7, 11) is 0. The van der Waals surface area contributed by atoms with Crippen molar-refractivity contribution in [3.8, 4) is 0 Å². The number of alkyl halides is 3. The topological polar surface area (TPSA) is 47.0 Å². The lowest BCUT2D eigenvalue weighted by Crippen LogP contribution is -2.10. The molecule has 0 radical (unpaired) electrons. The van der Waals surface area contributed by atoms with Crippen LogP contribution in [0.2, 0.25) is 0 Å². The molecule has 0 atom stereocenters. The summed E-state index contributed by atoms with van der Waals surface area (Å²) in [5, 5.41) is 2.85. The van der Waals surface area contributed by atoms with Crippen LogP contribution in [0.25, 0.3) is 0 Å². The summed E-state index contributed by atoms with van der Waals surface area (Å²) in [6, 6.07) is 0. The third-order valence-corrected chi connectivity index (χ3v) is 2.08. The van der Waals surface area contributed by atoms with Crippen molar-refractivity contribution in [2.75, 3.05) is 25.1 Å². The molecule has 1 aromatic rings. The molecule has 1 aromatic heterocycles. The predicted molar refractivity (Wildman–Crippen MR) is 49.9 cm³/mol. The fraction of sp³-hybridized carbons (Fsp3) is 0.714. The Morgan fingerprint density at radius 3 is 2.73 bits per heavy atom. The van der Waals surface area contributed by atoms with Crippen molar-refractivity contribution < 1.29 is 17.9 Å². The van der Waals surface area contributed by atoms with Crippen LogP contribution in [0, 0.1) is 0 Å². The zero-order valence-corrected chi connectivity index (χ0v) is 8.78. The lowest BCUT2D eigenvalue weighted by atomic mass is 10.6. The molecule has 0 aliphatic carbocycles. The molecule has 0 unspecified atom stereocenters. The molecule has 86 valence electrons. The van der Waals surface area contributed by atoms with Crippen molar-refractivity contribution in [3.05, 3.63) is 5.82 Å². The smallest absolute Gasteiger partial charge is 0.380 e. The SMILES string of the molecule is CCOCCNc1nc(C(F)(F)F)ns1. The molecule has 0 aliphatic rings. The van der Waals surface area contributed by atoms with E-state index in [0.29, 0.717) is 31.3 Å². The molecule has 0 amide bonds. The fourth-order valence-electron chi connectivity index (χ4n) is 0.785. The Morgan fingerprint density at radius 1 is 1.47 bits per heavy atom. The van der Waals surface area contributed by atoms with Crippen LogP contribution in [0.15, 0.2) is 0 Å². The van der Waals surface area contributed by atoms with E-state index in [0.717, 1.165) is 0 Å². The van der Waals surface area contributed by atoms with Crippen LogP contribution in [-0.4, -0.2) is 29.1 Å². The van der Waals surface area contributed by atoms with Gasteiger partial charge < -0.3 is 10.1 Å². The van der Waals surface area contributed by atoms with E-state index in [1.54, 1.807) is 0 Å². The Morgan fingerprint density at radius 2 is 2.20 bits per heavy atom. The molecule has 0 saturated heterocycles. The Hall–Kier alpha value is -0.890. The summed E-state index contributed by atoms with van der Waals surface area (Å²) >= 11 is 0.687. The number of aromatic nitrogens is 2. The minimum Gasteiger partial charge on any atom is -0.380 e. The number of hydrogen-bond acceptors (Lipinski definition) is 5. The molecule has 0 bridgehead atoms. The van der Waals surface area contributed by atoms with Gasteiger partial charge >= 0.3 is 6.18 Å². The van der Waals surface area contributed by atoms with E-state index in [9.17, 15) is 13.2 Å². The molecule has 0 aromatic carbocycles. The van der Waals surface area contributed by atoms with Crippen LogP contribution in [0.1, 0.15) is 12.7 Å². The van der Waals surface area contributed by atoms with Gasteiger partial charge in [-0.15, -0.1) is 0 Å². The standard InChI is InChI=1S/C7H10F3N3OS/c1-2-14-4-3-11-6-12-5(13-15-6)7(8,9)10/h2-4H2,1H3,(H,11,12,13). The number of anilines is 1. The quantitative estimate of drug-likeness (QED) is 0.801. The Kier molecular flexibility index (Phi) is 4.28. The van der Waals surface area contributed by atoms with Crippen molar-refractivity contribution in [2.24, 2.45) is 0 Å². The molecule has 1 N–H and O–H groups in total. The second-order valence-electron chi connectivity index (χ2n) is 2.54. The first-order valence-corrected chi connectivity index (χ1v) is 5.04. The maximum absolute atomic E-state index is 12.1. The van der Waals surface area contributed by atoms with E-state index in [-0.39, 0.29) is 5.13 Å². The summed E-state index contributed by atoms with van der Waals surface area (Å²) in [5.41, 5.74) is 0. The average Bonchev–Trinajstić information content (AvgIpc) is 2.60. The maximum Gasteiger partial charge on any atom is 0.452 e. The fourth-order valence-corrected chi connectivity index (χ4v) is 1.40. The van der Waals surface area contributed by atoms with E-state index >= 15 is 0 Å². The van der Waals surface area contributed by atoms with E-state index in [4.69, 9.17) is 4.74 Å². The van der Waals surface area contributed by atoms with Crippen molar-refractivity contribution in [1.82, 2.24) is 9.36 Å². The number of hydrogen-bond donors (Lipinski definition) is 1. The minimum absolute atomic E-state index is 0.155. The van der Waals surface area contributed by atoms with Crippen LogP contribution < -0.4 is 5.32 Å². The van der Waals surface area contributed by atoms with Crippen molar-refractivity contribution >= 4 is 16.7 Å². The molecule has 1 heterocycles. The third-order valence-electron chi connectivity index (χ3n) is 1.41. The highest BCUT2D eigenvalue weighted by atomic mass is 32.1. The van der Waals surface area contributed by atoms with Gasteiger partial charge in [-0.1, -0.05) is 0 Å². The summed E-state index contributed by atoms with van der Waals surface area (Å²) < 4.78 is 44.4. The highest BCUT2D eigenvalue weighted by molar-refractivity contribution is 7.09. The summed E-state index contributed by atoms with van der Waals surface area (Å²) in [5.74, 6) is -1.11. The van der Waals surface area contributed by atoms with Crippen LogP contribution in [0.3, 0.4) is 0 Å². The van der Waals surface area contributed by atoms with Crippen LogP contribution in [0.5, 0.6) is 0 Å². The number of ether oxygens (including phenoxy) is 1. The van der Waals surface area contributed by atoms with E-state index in [1.165, 1.54) is 0 Å². The van der Waals surface area contributed by atoms with Gasteiger partial charge in [0.2, 0.25) is 11.0 Å². The van der Waals surface area contributed by atoms with Crippen molar-refractivity contribution in [3.63, 3.8) is 0 Å². The molecule has 0 fully saturated rings. The average molecular weight is 241 g/mol. The molecule has 0 saturated carbocycles. The monoisotopic (exact) mass is 241 g/mol. The molecular formula is C7H10F3N3OS. The highest BCUT2D eigenvalue weighted by Crippen LogP contribution is 2.28. The number of rotatable bonds is 5. The summed E-state index contributed by atoms with van der Waals surface area (Å²) in [6.07, 6.45) is -4.48. The lowest BCUT2D eigenvalue weighted by Gasteiger charge is -2.01. The van der Waals surface area contributed by atoms with Gasteiger partial charge in [0.25, 0.3) is 0 Å². The number of nitrogens with one attached hydrogen (secondary N) is 1. The zero-order chi connectivity index (χ0) is 11.3. The molecule has 15 heavy (non-hydrogen) atoms. The number of halogens is 3. The molecule has 0 spiro atoms. The van der Waals surface area contributed by atoms with Gasteiger partial charge in [-0.05, 0) is 6.92 Å². The van der Waals surface area contributed by atoms with Crippen molar-refractivity contribution in [1.29, 1.82) is 0 Å². The lowest BCUT2D eigenvalue weighted by molar-refractivity contribution is -0.144. The van der Waals surface area contributed by atoms with Crippen molar-refractivity contribution in [2.45, 2.75) is 13.1 Å². The molecular weight excluding hydrogens is 231 g/mol. The Labute approximate surface area is 88.6 Å². The second-order valence-corrected chi connectivity index (χ2v) is 3.30. The first-order valence-electron chi connectivity index (χ1n) is 4.26. The van der Waals surface area contributed by atoms with E-state index in [1.807, 2.05) is 6.92 Å². The third kappa shape index (κ3) is 4.00. The van der Waals surface area contributed by atoms with Crippen LogP contribution in [-0.2, 0) is 10.9 Å². The molecule has 4 nitrogen and oxygen atoms in total. The largest absolute Gasteiger partial charge is 0.452 e. The molecule has 0 aliphatic heterocycles. The van der Waals surface area contributed by atoms with Gasteiger partial charge in [0.1, 0.15) is 0 Å².